The molecule has 2 nitrogen and oxygen atoms in total. The quantitative estimate of drug-likeness (QED) is 0.927. The van der Waals surface area contributed by atoms with Gasteiger partial charge in [-0.1, -0.05) is 6.07 Å². The number of fused-ring (bicyclic) bond motifs is 1. The molecule has 2 aromatic heterocycles. The molecule has 0 aromatic carbocycles. The lowest BCUT2D eigenvalue weighted by Gasteiger charge is -2.06. The number of halogens is 1. The van der Waals surface area contributed by atoms with Gasteiger partial charge >= 0.3 is 0 Å². The van der Waals surface area contributed by atoms with E-state index in [0.717, 1.165) is 18.8 Å². The molecule has 0 saturated heterocycles. The van der Waals surface area contributed by atoms with Gasteiger partial charge in [0, 0.05) is 15.0 Å². The maximum Gasteiger partial charge on any atom is 0.126 e. The molecule has 88 valence electrons. The van der Waals surface area contributed by atoms with Gasteiger partial charge in [0.25, 0.3) is 0 Å². The van der Waals surface area contributed by atoms with E-state index in [1.807, 2.05) is 0 Å². The Morgan fingerprint density at radius 3 is 3.06 bits per heavy atom. The lowest BCUT2D eigenvalue weighted by atomic mass is 10.2. The van der Waals surface area contributed by atoms with E-state index in [-0.39, 0.29) is 0 Å². The predicted molar refractivity (Wildman–Crippen MR) is 75.6 cm³/mol. The van der Waals surface area contributed by atoms with E-state index in [0.29, 0.717) is 0 Å². The van der Waals surface area contributed by atoms with Crippen LogP contribution in [-0.4, -0.2) is 4.98 Å². The molecule has 2 aromatic rings. The third kappa shape index (κ3) is 2.38. The minimum Gasteiger partial charge on any atom is -0.365 e. The van der Waals surface area contributed by atoms with Crippen molar-refractivity contribution in [1.29, 1.82) is 0 Å². The van der Waals surface area contributed by atoms with Crippen molar-refractivity contribution >= 4 is 33.1 Å². The van der Waals surface area contributed by atoms with Crippen LogP contribution in [0.5, 0.6) is 0 Å². The summed E-state index contributed by atoms with van der Waals surface area (Å²) in [4.78, 5) is 5.97. The monoisotopic (exact) mass is 308 g/mol. The number of hydrogen-bond acceptors (Lipinski definition) is 3. The Morgan fingerprint density at radius 1 is 1.29 bits per heavy atom. The van der Waals surface area contributed by atoms with Gasteiger partial charge in [0.1, 0.15) is 5.82 Å². The first-order valence-corrected chi connectivity index (χ1v) is 7.45. The summed E-state index contributed by atoms with van der Waals surface area (Å²) >= 11 is 5.30. The normalized spacial score (nSPS) is 13.7. The molecule has 0 atom stereocenters. The van der Waals surface area contributed by atoms with Crippen LogP contribution < -0.4 is 5.32 Å². The summed E-state index contributed by atoms with van der Waals surface area (Å²) in [6, 6.07) is 6.38. The largest absolute Gasteiger partial charge is 0.365 e. The van der Waals surface area contributed by atoms with Gasteiger partial charge in [-0.15, -0.1) is 11.3 Å². The van der Waals surface area contributed by atoms with Crippen molar-refractivity contribution in [3.63, 3.8) is 0 Å². The molecule has 0 fully saturated rings. The van der Waals surface area contributed by atoms with Crippen molar-refractivity contribution in [3.05, 3.63) is 44.2 Å². The Bertz CT molecular complexity index is 536. The molecule has 1 aliphatic rings. The minimum atomic E-state index is 0.837. The third-order valence-corrected chi connectivity index (χ3v) is 4.98. The van der Waals surface area contributed by atoms with E-state index < -0.39 is 0 Å². The number of aryl methyl sites for hydroxylation is 2. The van der Waals surface area contributed by atoms with Crippen molar-refractivity contribution in [2.45, 2.75) is 25.8 Å². The molecule has 2 heterocycles. The lowest BCUT2D eigenvalue weighted by Crippen LogP contribution is -2.01. The maximum atomic E-state index is 4.66. The lowest BCUT2D eigenvalue weighted by molar-refractivity contribution is 0.899. The number of rotatable bonds is 3. The van der Waals surface area contributed by atoms with Crippen LogP contribution in [-0.2, 0) is 19.4 Å². The van der Waals surface area contributed by atoms with Crippen molar-refractivity contribution in [2.24, 2.45) is 0 Å². The first-order valence-electron chi connectivity index (χ1n) is 5.77. The molecule has 0 aliphatic heterocycles. The molecule has 1 aliphatic carbocycles. The van der Waals surface area contributed by atoms with Gasteiger partial charge in [-0.25, -0.2) is 4.98 Å². The second kappa shape index (κ2) is 4.78. The van der Waals surface area contributed by atoms with E-state index in [9.17, 15) is 0 Å². The summed E-state index contributed by atoms with van der Waals surface area (Å²) in [6.07, 6.45) is 3.58. The fourth-order valence-corrected chi connectivity index (χ4v) is 3.57. The zero-order valence-electron chi connectivity index (χ0n) is 9.37. The number of thiophene rings is 1. The predicted octanol–water partition coefficient (Wildman–Crippen LogP) is 4.01. The van der Waals surface area contributed by atoms with E-state index in [4.69, 9.17) is 0 Å². The average molecular weight is 309 g/mol. The molecule has 1 N–H and O–H groups in total. The van der Waals surface area contributed by atoms with Gasteiger partial charge in [0.2, 0.25) is 0 Å². The van der Waals surface area contributed by atoms with Crippen molar-refractivity contribution in [3.8, 4) is 0 Å². The molecule has 0 radical (unpaired) electrons. The van der Waals surface area contributed by atoms with Crippen LogP contribution in [0.15, 0.2) is 28.1 Å². The third-order valence-electron chi connectivity index (χ3n) is 3.05. The average Bonchev–Trinajstić information content (AvgIpc) is 2.94. The molecule has 0 bridgehead atoms. The Balaban J connectivity index is 1.72. The van der Waals surface area contributed by atoms with Gasteiger partial charge < -0.3 is 5.32 Å². The fourth-order valence-electron chi connectivity index (χ4n) is 2.14. The van der Waals surface area contributed by atoms with Crippen LogP contribution in [0.1, 0.15) is 22.6 Å². The van der Waals surface area contributed by atoms with E-state index in [1.54, 1.807) is 11.3 Å². The zero-order chi connectivity index (χ0) is 11.7. The zero-order valence-corrected chi connectivity index (χ0v) is 11.8. The first kappa shape index (κ1) is 11.2. The SMILES string of the molecule is Brc1ccsc1CNc1ccc2c(n1)CCC2. The van der Waals surface area contributed by atoms with Gasteiger partial charge in [-0.2, -0.15) is 0 Å². The van der Waals surface area contributed by atoms with Crippen LogP contribution in [0.3, 0.4) is 0 Å². The van der Waals surface area contributed by atoms with Crippen LogP contribution in [0, 0.1) is 0 Å². The Labute approximate surface area is 113 Å². The van der Waals surface area contributed by atoms with E-state index in [1.165, 1.54) is 33.4 Å². The summed E-state index contributed by atoms with van der Waals surface area (Å²) in [6.45, 7) is 0.837. The molecule has 0 spiro atoms. The molecular weight excluding hydrogens is 296 g/mol. The number of nitrogens with zero attached hydrogens (tertiary/aromatic N) is 1. The number of nitrogens with one attached hydrogen (secondary N) is 1. The van der Waals surface area contributed by atoms with E-state index in [2.05, 4.69) is 49.8 Å². The van der Waals surface area contributed by atoms with Gasteiger partial charge in [-0.3, -0.25) is 0 Å². The molecular formula is C13H13BrN2S. The van der Waals surface area contributed by atoms with Crippen LogP contribution >= 0.6 is 27.3 Å². The molecule has 0 saturated carbocycles. The number of hydrogen-bond donors (Lipinski definition) is 1. The Kier molecular flexibility index (Phi) is 3.16. The number of pyridine rings is 1. The summed E-state index contributed by atoms with van der Waals surface area (Å²) in [5, 5.41) is 5.48. The highest BCUT2D eigenvalue weighted by atomic mass is 79.9. The van der Waals surface area contributed by atoms with Crippen LogP contribution in [0.2, 0.25) is 0 Å². The Hall–Kier alpha value is -0.870. The summed E-state index contributed by atoms with van der Waals surface area (Å²) in [7, 11) is 0. The molecule has 4 heteroatoms. The van der Waals surface area contributed by atoms with Gasteiger partial charge in [0.05, 0.1) is 6.54 Å². The summed E-state index contributed by atoms with van der Waals surface area (Å²) in [5.74, 6) is 0.992. The molecule has 17 heavy (non-hydrogen) atoms. The minimum absolute atomic E-state index is 0.837. The van der Waals surface area contributed by atoms with Gasteiger partial charge in [-0.05, 0) is 58.3 Å². The number of aromatic nitrogens is 1. The Morgan fingerprint density at radius 2 is 2.24 bits per heavy atom. The summed E-state index contributed by atoms with van der Waals surface area (Å²) in [5.41, 5.74) is 2.70. The van der Waals surface area contributed by atoms with E-state index >= 15 is 0 Å². The highest BCUT2D eigenvalue weighted by Gasteiger charge is 2.12. The van der Waals surface area contributed by atoms with Gasteiger partial charge in [0.15, 0.2) is 0 Å². The van der Waals surface area contributed by atoms with Crippen molar-refractivity contribution in [1.82, 2.24) is 4.98 Å². The van der Waals surface area contributed by atoms with Crippen molar-refractivity contribution < 1.29 is 0 Å². The molecule has 3 rings (SSSR count). The maximum absolute atomic E-state index is 4.66. The topological polar surface area (TPSA) is 24.9 Å². The van der Waals surface area contributed by atoms with Crippen LogP contribution in [0.25, 0.3) is 0 Å². The fraction of sp³-hybridized carbons (Fsp3) is 0.308. The first-order chi connectivity index (χ1) is 8.33. The smallest absolute Gasteiger partial charge is 0.126 e. The highest BCUT2D eigenvalue weighted by molar-refractivity contribution is 9.10. The molecule has 0 amide bonds. The highest BCUT2D eigenvalue weighted by Crippen LogP contribution is 2.25. The molecule has 0 unspecified atom stereocenters. The number of anilines is 1. The summed E-state index contributed by atoms with van der Waals surface area (Å²) < 4.78 is 1.18. The second-order valence-corrected chi connectivity index (χ2v) is 6.06. The van der Waals surface area contributed by atoms with Crippen LogP contribution in [0.4, 0.5) is 5.82 Å². The second-order valence-electron chi connectivity index (χ2n) is 4.20. The standard InChI is InChI=1S/C13H13BrN2S/c14-10-6-7-17-12(10)8-15-13-5-4-9-2-1-3-11(9)16-13/h4-7H,1-3,8H2,(H,15,16). The van der Waals surface area contributed by atoms with Crippen molar-refractivity contribution in [2.75, 3.05) is 5.32 Å².